The Hall–Kier alpha value is -1.78. The molecule has 0 saturated carbocycles. The Bertz CT molecular complexity index is 538. The quantitative estimate of drug-likeness (QED) is 0.875. The van der Waals surface area contributed by atoms with E-state index in [2.05, 4.69) is 48.3 Å². The lowest BCUT2D eigenvalue weighted by atomic mass is 9.88. The molecule has 0 saturated heterocycles. The Morgan fingerprint density at radius 1 is 1.33 bits per heavy atom. The van der Waals surface area contributed by atoms with E-state index in [1.54, 1.807) is 6.20 Å². The second-order valence-electron chi connectivity index (χ2n) is 5.61. The molecule has 2 heterocycles. The van der Waals surface area contributed by atoms with Crippen LogP contribution in [0.25, 0.3) is 5.65 Å². The summed E-state index contributed by atoms with van der Waals surface area (Å²) in [5.41, 5.74) is 1.02. The first-order chi connectivity index (χ1) is 8.41. The summed E-state index contributed by atoms with van der Waals surface area (Å²) in [6.45, 7) is 8.77. The molecule has 5 heteroatoms. The van der Waals surface area contributed by atoms with Crippen LogP contribution in [-0.2, 0) is 0 Å². The number of hydrogen-bond acceptors (Lipinski definition) is 4. The third-order valence-corrected chi connectivity index (χ3v) is 3.28. The maximum atomic E-state index is 4.54. The minimum absolute atomic E-state index is 0.168. The van der Waals surface area contributed by atoms with E-state index in [1.165, 1.54) is 0 Å². The van der Waals surface area contributed by atoms with Crippen LogP contribution in [0.3, 0.4) is 0 Å². The van der Waals surface area contributed by atoms with E-state index in [-0.39, 0.29) is 5.41 Å². The predicted molar refractivity (Wildman–Crippen MR) is 75.1 cm³/mol. The summed E-state index contributed by atoms with van der Waals surface area (Å²) in [4.78, 5) is 8.88. The van der Waals surface area contributed by atoms with Crippen LogP contribution < -0.4 is 10.6 Å². The van der Waals surface area contributed by atoms with Crippen molar-refractivity contribution in [1.82, 2.24) is 14.4 Å². The number of nitrogens with one attached hydrogen (secondary N) is 2. The van der Waals surface area contributed by atoms with Crippen LogP contribution in [0, 0.1) is 5.41 Å². The van der Waals surface area contributed by atoms with Gasteiger partial charge < -0.3 is 15.0 Å². The highest BCUT2D eigenvalue weighted by Crippen LogP contribution is 2.24. The van der Waals surface area contributed by atoms with Crippen molar-refractivity contribution >= 4 is 17.3 Å². The van der Waals surface area contributed by atoms with E-state index in [0.717, 1.165) is 17.3 Å². The van der Waals surface area contributed by atoms with Crippen LogP contribution in [-0.4, -0.2) is 27.5 Å². The molecule has 0 fully saturated rings. The van der Waals surface area contributed by atoms with Gasteiger partial charge in [-0.1, -0.05) is 20.8 Å². The van der Waals surface area contributed by atoms with Gasteiger partial charge >= 0.3 is 0 Å². The largest absolute Gasteiger partial charge is 0.372 e. The molecule has 18 heavy (non-hydrogen) atoms. The summed E-state index contributed by atoms with van der Waals surface area (Å²) in [6, 6.07) is 0.303. The summed E-state index contributed by atoms with van der Waals surface area (Å²) in [5, 5.41) is 6.51. The standard InChI is InChI=1S/C13H21N5/c1-9(13(2,3)4)16-11-12-15-6-7-18(12)8-10(14-5)17-11/h6-9,14H,1-5H3,(H,16,17). The SMILES string of the molecule is CNc1cn2ccnc2c(NC(C)C(C)(C)C)n1. The molecule has 0 spiro atoms. The van der Waals surface area contributed by atoms with Gasteiger partial charge in [-0.05, 0) is 12.3 Å². The average molecular weight is 247 g/mol. The first-order valence-corrected chi connectivity index (χ1v) is 6.20. The number of imidazole rings is 1. The smallest absolute Gasteiger partial charge is 0.180 e. The van der Waals surface area contributed by atoms with E-state index in [1.807, 2.05) is 23.8 Å². The van der Waals surface area contributed by atoms with Crippen molar-refractivity contribution in [3.63, 3.8) is 0 Å². The Balaban J connectivity index is 2.40. The zero-order chi connectivity index (χ0) is 13.3. The van der Waals surface area contributed by atoms with Crippen LogP contribution in [0.4, 0.5) is 11.6 Å². The molecule has 0 bridgehead atoms. The van der Waals surface area contributed by atoms with Crippen molar-refractivity contribution in [3.8, 4) is 0 Å². The molecule has 2 aromatic rings. The first kappa shape index (κ1) is 12.7. The number of anilines is 2. The van der Waals surface area contributed by atoms with Crippen molar-refractivity contribution in [1.29, 1.82) is 0 Å². The number of rotatable bonds is 3. The van der Waals surface area contributed by atoms with Gasteiger partial charge in [0.05, 0.1) is 6.20 Å². The van der Waals surface area contributed by atoms with Crippen molar-refractivity contribution in [2.24, 2.45) is 5.41 Å². The van der Waals surface area contributed by atoms with E-state index in [4.69, 9.17) is 0 Å². The fraction of sp³-hybridized carbons (Fsp3) is 0.538. The normalized spacial score (nSPS) is 13.6. The zero-order valence-corrected chi connectivity index (χ0v) is 11.7. The molecule has 0 aromatic carbocycles. The third kappa shape index (κ3) is 2.39. The minimum atomic E-state index is 0.168. The van der Waals surface area contributed by atoms with E-state index >= 15 is 0 Å². The topological polar surface area (TPSA) is 54.2 Å². The van der Waals surface area contributed by atoms with Gasteiger partial charge in [0, 0.05) is 25.5 Å². The molecule has 1 atom stereocenters. The van der Waals surface area contributed by atoms with Crippen LogP contribution >= 0.6 is 0 Å². The number of hydrogen-bond donors (Lipinski definition) is 2. The Morgan fingerprint density at radius 2 is 2.06 bits per heavy atom. The van der Waals surface area contributed by atoms with Crippen LogP contribution in [0.1, 0.15) is 27.7 Å². The Morgan fingerprint density at radius 3 is 2.67 bits per heavy atom. The lowest BCUT2D eigenvalue weighted by Gasteiger charge is -2.28. The molecule has 0 aliphatic heterocycles. The highest BCUT2D eigenvalue weighted by atomic mass is 15.1. The molecule has 0 aliphatic rings. The molecule has 0 aliphatic carbocycles. The summed E-state index contributed by atoms with van der Waals surface area (Å²) >= 11 is 0. The summed E-state index contributed by atoms with van der Waals surface area (Å²) in [7, 11) is 1.86. The average Bonchev–Trinajstić information content (AvgIpc) is 2.75. The Labute approximate surface area is 108 Å². The molecular weight excluding hydrogens is 226 g/mol. The molecule has 1 unspecified atom stereocenters. The summed E-state index contributed by atoms with van der Waals surface area (Å²) in [5.74, 6) is 1.64. The molecule has 2 N–H and O–H groups in total. The van der Waals surface area contributed by atoms with Gasteiger partial charge in [-0.25, -0.2) is 9.97 Å². The second-order valence-corrected chi connectivity index (χ2v) is 5.61. The number of fused-ring (bicyclic) bond motifs is 1. The third-order valence-electron chi connectivity index (χ3n) is 3.28. The summed E-state index contributed by atoms with van der Waals surface area (Å²) in [6.07, 6.45) is 5.63. The van der Waals surface area contributed by atoms with Gasteiger partial charge in [0.1, 0.15) is 5.82 Å². The minimum Gasteiger partial charge on any atom is -0.372 e. The fourth-order valence-corrected chi connectivity index (χ4v) is 1.57. The van der Waals surface area contributed by atoms with Gasteiger partial charge in [0.15, 0.2) is 11.5 Å². The lowest BCUT2D eigenvalue weighted by Crippen LogP contribution is -2.31. The van der Waals surface area contributed by atoms with Crippen LogP contribution in [0.5, 0.6) is 0 Å². The summed E-state index contributed by atoms with van der Waals surface area (Å²) < 4.78 is 1.97. The van der Waals surface area contributed by atoms with E-state index < -0.39 is 0 Å². The monoisotopic (exact) mass is 247 g/mol. The molecule has 2 aromatic heterocycles. The number of aromatic nitrogens is 3. The lowest BCUT2D eigenvalue weighted by molar-refractivity contribution is 0.359. The predicted octanol–water partition coefficient (Wildman–Crippen LogP) is 2.62. The number of nitrogens with zero attached hydrogens (tertiary/aromatic N) is 3. The molecule has 5 nitrogen and oxygen atoms in total. The van der Waals surface area contributed by atoms with Crippen LogP contribution in [0.2, 0.25) is 0 Å². The van der Waals surface area contributed by atoms with Crippen molar-refractivity contribution < 1.29 is 0 Å². The van der Waals surface area contributed by atoms with E-state index in [9.17, 15) is 0 Å². The second kappa shape index (κ2) is 4.48. The van der Waals surface area contributed by atoms with Crippen molar-refractivity contribution in [3.05, 3.63) is 18.6 Å². The highest BCUT2D eigenvalue weighted by Gasteiger charge is 2.21. The van der Waals surface area contributed by atoms with Gasteiger partial charge in [0.2, 0.25) is 0 Å². The maximum absolute atomic E-state index is 4.54. The van der Waals surface area contributed by atoms with Gasteiger partial charge in [-0.15, -0.1) is 0 Å². The molecule has 98 valence electrons. The van der Waals surface area contributed by atoms with Crippen molar-refractivity contribution in [2.75, 3.05) is 17.7 Å². The highest BCUT2D eigenvalue weighted by molar-refractivity contribution is 5.65. The molecule has 0 radical (unpaired) electrons. The fourth-order valence-electron chi connectivity index (χ4n) is 1.57. The Kier molecular flexibility index (Phi) is 3.15. The van der Waals surface area contributed by atoms with Crippen LogP contribution in [0.15, 0.2) is 18.6 Å². The van der Waals surface area contributed by atoms with Gasteiger partial charge in [-0.3, -0.25) is 0 Å². The molecule has 2 rings (SSSR count). The van der Waals surface area contributed by atoms with E-state index in [0.29, 0.717) is 6.04 Å². The zero-order valence-electron chi connectivity index (χ0n) is 11.7. The molecule has 0 amide bonds. The van der Waals surface area contributed by atoms with Gasteiger partial charge in [-0.2, -0.15) is 0 Å². The molecular formula is C13H21N5. The first-order valence-electron chi connectivity index (χ1n) is 6.20. The van der Waals surface area contributed by atoms with Gasteiger partial charge in [0.25, 0.3) is 0 Å². The maximum Gasteiger partial charge on any atom is 0.180 e. The van der Waals surface area contributed by atoms with Crippen molar-refractivity contribution in [2.45, 2.75) is 33.7 Å².